The molecule has 5 rings (SSSR count). The maximum atomic E-state index is 13.8. The minimum Gasteiger partial charge on any atom is -0.457 e. The van der Waals surface area contributed by atoms with E-state index in [2.05, 4.69) is 0 Å². The Morgan fingerprint density at radius 1 is 0.417 bits per heavy atom. The summed E-state index contributed by atoms with van der Waals surface area (Å²) in [6, 6.07) is 36.1. The molecule has 0 spiro atoms. The van der Waals surface area contributed by atoms with Crippen LogP contribution < -0.4 is 0 Å². The molecule has 0 radical (unpaired) electrons. The van der Waals surface area contributed by atoms with Crippen LogP contribution in [0, 0.1) is 10.5 Å². The quantitative estimate of drug-likeness (QED) is 0.0717. The molecule has 0 saturated heterocycles. The average molecular weight is 755 g/mol. The first-order valence-corrected chi connectivity index (χ1v) is 16.1. The van der Waals surface area contributed by atoms with E-state index in [4.69, 9.17) is 18.9 Å². The topological polar surface area (TPSA) is 105 Å². The Hall–Kier alpha value is -5.29. The number of carbonyl (C=O) groups is 4. The molecule has 0 aliphatic rings. The van der Waals surface area contributed by atoms with Crippen molar-refractivity contribution in [1.29, 1.82) is 0 Å². The van der Waals surface area contributed by atoms with Crippen LogP contribution in [0.2, 0.25) is 0 Å². The van der Waals surface area contributed by atoms with E-state index in [-0.39, 0.29) is 57.8 Å². The number of hydrogen-bond acceptors (Lipinski definition) is 8. The van der Waals surface area contributed by atoms with E-state index < -0.39 is 23.9 Å². The molecular formula is C39H31IO8. The van der Waals surface area contributed by atoms with E-state index in [0.29, 0.717) is 0 Å². The highest BCUT2D eigenvalue weighted by molar-refractivity contribution is 14.1. The van der Waals surface area contributed by atoms with E-state index in [1.807, 2.05) is 24.3 Å². The zero-order valence-corrected chi connectivity index (χ0v) is 28.2. The number of hydrogen-bond donors (Lipinski definition) is 0. The summed E-state index contributed by atoms with van der Waals surface area (Å²) in [6.07, 6.45) is 0. The highest BCUT2D eigenvalue weighted by Crippen LogP contribution is 2.33. The fourth-order valence-electron chi connectivity index (χ4n) is 4.92. The van der Waals surface area contributed by atoms with Crippen molar-refractivity contribution in [2.75, 3.05) is 0 Å². The van der Waals surface area contributed by atoms with Crippen LogP contribution in [0.1, 0.15) is 69.2 Å². The van der Waals surface area contributed by atoms with Gasteiger partial charge in [0.15, 0.2) is 0 Å². The van der Waals surface area contributed by atoms with Gasteiger partial charge in [0.2, 0.25) is 0 Å². The van der Waals surface area contributed by atoms with E-state index in [1.165, 1.54) is 6.92 Å². The maximum absolute atomic E-state index is 13.8. The summed E-state index contributed by atoms with van der Waals surface area (Å²) in [5, 5.41) is 0. The van der Waals surface area contributed by atoms with Gasteiger partial charge in [0.05, 0.1) is 22.3 Å². The summed E-state index contributed by atoms with van der Waals surface area (Å²) < 4.78 is 22.6. The third-order valence-corrected chi connectivity index (χ3v) is 8.44. The molecule has 5 aromatic carbocycles. The van der Waals surface area contributed by atoms with Gasteiger partial charge in [0, 0.05) is 3.57 Å². The van der Waals surface area contributed by atoms with Crippen LogP contribution in [-0.4, -0.2) is 23.9 Å². The average Bonchev–Trinajstić information content (AvgIpc) is 3.13. The zero-order chi connectivity index (χ0) is 33.9. The van der Waals surface area contributed by atoms with Crippen LogP contribution in [0.4, 0.5) is 0 Å². The molecule has 0 N–H and O–H groups in total. The monoisotopic (exact) mass is 754 g/mol. The predicted molar refractivity (Wildman–Crippen MR) is 186 cm³/mol. The first-order valence-electron chi connectivity index (χ1n) is 15.0. The van der Waals surface area contributed by atoms with Crippen molar-refractivity contribution in [1.82, 2.24) is 0 Å². The Bertz CT molecular complexity index is 1620. The Morgan fingerprint density at radius 2 is 0.646 bits per heavy atom. The van der Waals surface area contributed by atoms with Crippen LogP contribution >= 0.6 is 22.6 Å². The molecule has 48 heavy (non-hydrogen) atoms. The third-order valence-electron chi connectivity index (χ3n) is 7.36. The van der Waals surface area contributed by atoms with Gasteiger partial charge in [-0.05, 0) is 57.3 Å². The molecule has 5 aromatic rings. The molecule has 0 aliphatic heterocycles. The van der Waals surface area contributed by atoms with Gasteiger partial charge in [-0.2, -0.15) is 0 Å². The van der Waals surface area contributed by atoms with Gasteiger partial charge in [-0.3, -0.25) is 0 Å². The summed E-state index contributed by atoms with van der Waals surface area (Å²) in [7, 11) is 0. The first-order chi connectivity index (χ1) is 23.3. The molecule has 0 fully saturated rings. The molecule has 0 saturated carbocycles. The normalized spacial score (nSPS) is 10.5. The standard InChI is InChI=1S/C39H31IO8/c1-26-31(36(41)45-22-27-14-6-2-7-15-27)33(38(43)47-24-29-18-10-4-11-19-29)35(40)34(39(44)48-25-30-20-12-5-13-21-30)32(26)37(42)46-23-28-16-8-3-9-17-28/h2-21H,22-25H2,1H3. The summed E-state index contributed by atoms with van der Waals surface area (Å²) >= 11 is 1.78. The van der Waals surface area contributed by atoms with Gasteiger partial charge in [0.1, 0.15) is 26.4 Å². The van der Waals surface area contributed by atoms with Gasteiger partial charge in [-0.25, -0.2) is 19.2 Å². The molecule has 0 bridgehead atoms. The van der Waals surface area contributed by atoms with Crippen molar-refractivity contribution in [3.63, 3.8) is 0 Å². The molecular weight excluding hydrogens is 723 g/mol. The Balaban J connectivity index is 1.59. The molecule has 9 heteroatoms. The van der Waals surface area contributed by atoms with Crippen molar-refractivity contribution in [2.24, 2.45) is 0 Å². The largest absolute Gasteiger partial charge is 0.457 e. The van der Waals surface area contributed by atoms with Crippen LogP contribution in [0.25, 0.3) is 0 Å². The van der Waals surface area contributed by atoms with Crippen LogP contribution in [0.5, 0.6) is 0 Å². The fraction of sp³-hybridized carbons (Fsp3) is 0.128. The number of esters is 4. The zero-order valence-electron chi connectivity index (χ0n) is 26.0. The Morgan fingerprint density at radius 3 is 0.896 bits per heavy atom. The lowest BCUT2D eigenvalue weighted by Crippen LogP contribution is -2.25. The van der Waals surface area contributed by atoms with Crippen molar-refractivity contribution in [3.8, 4) is 0 Å². The summed E-state index contributed by atoms with van der Waals surface area (Å²) in [5.74, 6) is -3.50. The van der Waals surface area contributed by atoms with Gasteiger partial charge in [-0.15, -0.1) is 0 Å². The minimum absolute atomic E-state index is 0.00681. The van der Waals surface area contributed by atoms with Gasteiger partial charge in [0.25, 0.3) is 0 Å². The van der Waals surface area contributed by atoms with Crippen molar-refractivity contribution in [3.05, 3.63) is 175 Å². The van der Waals surface area contributed by atoms with Gasteiger partial charge in [-0.1, -0.05) is 121 Å². The van der Waals surface area contributed by atoms with Crippen LogP contribution in [0.3, 0.4) is 0 Å². The maximum Gasteiger partial charge on any atom is 0.340 e. The van der Waals surface area contributed by atoms with E-state index in [9.17, 15) is 19.2 Å². The smallest absolute Gasteiger partial charge is 0.340 e. The van der Waals surface area contributed by atoms with Crippen molar-refractivity contribution in [2.45, 2.75) is 33.4 Å². The SMILES string of the molecule is Cc1c(C(=O)OCc2ccccc2)c(C(=O)OCc2ccccc2)c(I)c(C(=O)OCc2ccccc2)c1C(=O)OCc1ccccc1. The van der Waals surface area contributed by atoms with Crippen molar-refractivity contribution < 1.29 is 38.1 Å². The molecule has 0 unspecified atom stereocenters. The lowest BCUT2D eigenvalue weighted by atomic mass is 9.91. The molecule has 0 heterocycles. The van der Waals surface area contributed by atoms with Gasteiger partial charge < -0.3 is 18.9 Å². The number of ether oxygens (including phenoxy) is 4. The van der Waals surface area contributed by atoms with Crippen LogP contribution in [0.15, 0.2) is 121 Å². The summed E-state index contributed by atoms with van der Waals surface area (Å²) in [5.41, 5.74) is 2.04. The number of halogens is 1. The Labute approximate surface area is 291 Å². The molecule has 0 aromatic heterocycles. The second kappa shape index (κ2) is 16.5. The second-order valence-electron chi connectivity index (χ2n) is 10.7. The number of benzene rings is 5. The second-order valence-corrected chi connectivity index (χ2v) is 11.8. The van der Waals surface area contributed by atoms with E-state index >= 15 is 0 Å². The molecule has 0 aliphatic carbocycles. The highest BCUT2D eigenvalue weighted by Gasteiger charge is 2.36. The molecule has 242 valence electrons. The molecule has 0 amide bonds. The van der Waals surface area contributed by atoms with Crippen LogP contribution in [-0.2, 0) is 45.4 Å². The number of rotatable bonds is 12. The lowest BCUT2D eigenvalue weighted by molar-refractivity contribution is 0.0405. The third kappa shape index (κ3) is 8.54. The van der Waals surface area contributed by atoms with E-state index in [0.717, 1.165) is 22.3 Å². The minimum atomic E-state index is -0.876. The Kier molecular flexibility index (Phi) is 11.7. The highest BCUT2D eigenvalue weighted by atomic mass is 127. The fourth-order valence-corrected chi connectivity index (χ4v) is 5.90. The summed E-state index contributed by atoms with van der Waals surface area (Å²) in [4.78, 5) is 55.3. The van der Waals surface area contributed by atoms with E-state index in [1.54, 1.807) is 120 Å². The predicted octanol–water partition coefficient (Wildman–Crippen LogP) is 8.03. The molecule has 8 nitrogen and oxygen atoms in total. The van der Waals surface area contributed by atoms with Gasteiger partial charge >= 0.3 is 23.9 Å². The first kappa shape index (κ1) is 34.1. The number of carbonyl (C=O) groups excluding carboxylic acids is 4. The summed E-state index contributed by atoms with van der Waals surface area (Å²) in [6.45, 7) is 1.09. The van der Waals surface area contributed by atoms with Crippen molar-refractivity contribution >= 4 is 46.5 Å². The lowest BCUT2D eigenvalue weighted by Gasteiger charge is -2.20. The molecule has 0 atom stereocenters.